The number of pyridine rings is 1. The Morgan fingerprint density at radius 3 is 2.49 bits per heavy atom. The lowest BCUT2D eigenvalue weighted by Gasteiger charge is -2.50. The number of aromatic nitrogens is 1. The zero-order valence-electron chi connectivity index (χ0n) is 35.9. The Bertz CT molecular complexity index is 2320. The van der Waals surface area contributed by atoms with Crippen molar-refractivity contribution in [2.24, 2.45) is 5.92 Å². The molecule has 0 unspecified atom stereocenters. The number of rotatable bonds is 10. The van der Waals surface area contributed by atoms with Gasteiger partial charge >= 0.3 is 12.3 Å². The van der Waals surface area contributed by atoms with Gasteiger partial charge in [0, 0.05) is 49.0 Å². The average molecular weight is 904 g/mol. The Morgan fingerprint density at radius 1 is 1.06 bits per heavy atom. The van der Waals surface area contributed by atoms with Crippen LogP contribution in [-0.2, 0) is 41.7 Å². The maximum absolute atomic E-state index is 15.2. The first-order valence-corrected chi connectivity index (χ1v) is 23.5. The van der Waals surface area contributed by atoms with Crippen molar-refractivity contribution in [1.82, 2.24) is 24.8 Å². The van der Waals surface area contributed by atoms with Crippen LogP contribution in [0, 0.1) is 5.92 Å². The first kappa shape index (κ1) is 44.9. The van der Waals surface area contributed by atoms with Crippen LogP contribution in [0.2, 0.25) is 0 Å². The fraction of sp³-hybridized carbons (Fsp3) is 0.659. The van der Waals surface area contributed by atoms with Crippen molar-refractivity contribution in [3.63, 3.8) is 0 Å². The van der Waals surface area contributed by atoms with Gasteiger partial charge in [0.05, 0.1) is 23.4 Å². The number of hydrogen-bond acceptors (Lipinski definition) is 10. The molecule has 1 spiro atoms. The fourth-order valence-corrected chi connectivity index (χ4v) is 11.3. The van der Waals surface area contributed by atoms with Crippen molar-refractivity contribution in [3.05, 3.63) is 41.6 Å². The minimum absolute atomic E-state index is 0.0412. The van der Waals surface area contributed by atoms with Gasteiger partial charge in [0.15, 0.2) is 11.4 Å². The number of methoxy groups -OCH3 is 1. The van der Waals surface area contributed by atoms with Gasteiger partial charge in [0.25, 0.3) is 5.91 Å². The zero-order valence-corrected chi connectivity index (χ0v) is 36.7. The van der Waals surface area contributed by atoms with E-state index in [-0.39, 0.29) is 49.7 Å². The average Bonchev–Trinajstić information content (AvgIpc) is 4.11. The van der Waals surface area contributed by atoms with Gasteiger partial charge in [0.2, 0.25) is 21.8 Å². The molecule has 3 saturated carbocycles. The first-order valence-electron chi connectivity index (χ1n) is 22.0. The summed E-state index contributed by atoms with van der Waals surface area (Å²) in [6, 6.07) is 1.95. The Balaban J connectivity index is 1.18. The molecule has 0 bridgehead atoms. The zero-order chi connectivity index (χ0) is 45.2. The van der Waals surface area contributed by atoms with Gasteiger partial charge in [0.1, 0.15) is 29.0 Å². The number of alkyl halides is 3. The molecule has 3 N–H and O–H groups in total. The number of nitrogens with one attached hydrogen (secondary N) is 2. The number of amides is 4. The maximum atomic E-state index is 15.2. The van der Waals surface area contributed by atoms with E-state index in [0.717, 1.165) is 6.42 Å². The van der Waals surface area contributed by atoms with E-state index >= 15 is 4.79 Å². The number of aryl methyl sites for hydroxylation is 1. The number of ether oxygens (including phenoxy) is 3. The summed E-state index contributed by atoms with van der Waals surface area (Å²) in [5.74, 6) is -3.13. The maximum Gasteiger partial charge on any atom is 0.437 e. The molecule has 1 saturated heterocycles. The quantitative estimate of drug-likeness (QED) is 0.187. The highest BCUT2D eigenvalue weighted by atomic mass is 32.2. The summed E-state index contributed by atoms with van der Waals surface area (Å²) >= 11 is 0. The molecule has 3 aliphatic carbocycles. The van der Waals surface area contributed by atoms with Gasteiger partial charge in [-0.3, -0.25) is 24.0 Å². The number of allylic oxidation sites excluding steroid dienone is 1. The Hall–Kier alpha value is -4.65. The Labute approximate surface area is 364 Å². The van der Waals surface area contributed by atoms with Gasteiger partial charge in [-0.25, -0.2) is 18.2 Å². The van der Waals surface area contributed by atoms with Gasteiger partial charge in [-0.2, -0.15) is 13.2 Å². The number of halogens is 3. The summed E-state index contributed by atoms with van der Waals surface area (Å²) < 4.78 is 90.0. The molecule has 2 aromatic rings. The molecular formula is C44H56F3N5O10S. The molecule has 63 heavy (non-hydrogen) atoms. The van der Waals surface area contributed by atoms with E-state index in [9.17, 15) is 41.1 Å². The van der Waals surface area contributed by atoms with Crippen LogP contribution >= 0.6 is 0 Å². The SMILES string of the molecule is COCCCOc1ccc2nc(C(F)(F)F)c3c(c2c1)CC[C@]1(C[C@H]2C(=O)N[C@]4(C(=O)NS(=O)(=O)C5(C)CC5)C[C@H]4/C=C\CCCCC[C@H](N(C(=O)O)C4(C)CCC4)C(=O)N2C1)O3. The molecule has 5 atom stereocenters. The van der Waals surface area contributed by atoms with E-state index in [1.54, 1.807) is 32.2 Å². The minimum atomic E-state index is -4.96. The standard InChI is InChI=1S/C44H56F3N5O10S/c1-40(16-9-17-40)52(39(56)57)32-12-8-6-4-5-7-11-27-24-43(27,38(55)50-63(58,59)41(2)19-20-41)49-36(53)33-25-42(26-51(33)37(32)54)18-15-29-30-23-28(61-22-10-21-60-3)13-14-31(30)48-35(34(29)62-42)44(45,46)47/h7,11,13-14,23,27,32-33H,4-6,8-10,12,15-22,24-26H2,1-3H3,(H,49,53)(H,50,55)(H,56,57)/b11-7-/t27-,32+,33+,42-,43-/m1/s1. The van der Waals surface area contributed by atoms with Crippen molar-refractivity contribution in [2.45, 2.75) is 150 Å². The second-order valence-electron chi connectivity index (χ2n) is 18.9. The number of hydrogen-bond donors (Lipinski definition) is 3. The first-order chi connectivity index (χ1) is 29.8. The topological polar surface area (TPSA) is 194 Å². The van der Waals surface area contributed by atoms with Gasteiger partial charge < -0.3 is 29.5 Å². The van der Waals surface area contributed by atoms with Crippen molar-refractivity contribution in [3.8, 4) is 11.5 Å². The van der Waals surface area contributed by atoms with Crippen molar-refractivity contribution >= 4 is 44.7 Å². The smallest absolute Gasteiger partial charge is 0.437 e. The molecule has 1 aromatic heterocycles. The molecule has 4 heterocycles. The highest BCUT2D eigenvalue weighted by Gasteiger charge is 2.64. The van der Waals surface area contributed by atoms with Crippen LogP contribution in [-0.4, -0.2) is 113 Å². The third-order valence-corrected chi connectivity index (χ3v) is 16.5. The van der Waals surface area contributed by atoms with Crippen LogP contribution in [0.15, 0.2) is 30.4 Å². The lowest BCUT2D eigenvalue weighted by molar-refractivity contribution is -0.147. The molecule has 344 valence electrons. The predicted molar refractivity (Wildman–Crippen MR) is 222 cm³/mol. The minimum Gasteiger partial charge on any atom is -0.493 e. The number of carbonyl (C=O) groups is 4. The van der Waals surface area contributed by atoms with Gasteiger partial charge in [-0.15, -0.1) is 0 Å². The number of carbonyl (C=O) groups excluding carboxylic acids is 3. The lowest BCUT2D eigenvalue weighted by atomic mass is 9.76. The Morgan fingerprint density at radius 2 is 1.83 bits per heavy atom. The monoisotopic (exact) mass is 903 g/mol. The number of nitrogens with zero attached hydrogens (tertiary/aromatic N) is 3. The van der Waals surface area contributed by atoms with Crippen LogP contribution < -0.4 is 19.5 Å². The fourth-order valence-electron chi connectivity index (χ4n) is 9.94. The van der Waals surface area contributed by atoms with E-state index in [1.807, 2.05) is 6.08 Å². The number of benzene rings is 1. The summed E-state index contributed by atoms with van der Waals surface area (Å²) in [6.07, 6.45) is 2.91. The molecule has 0 radical (unpaired) electrons. The van der Waals surface area contributed by atoms with Crippen LogP contribution in [0.3, 0.4) is 0 Å². The summed E-state index contributed by atoms with van der Waals surface area (Å²) in [5, 5.41) is 13.9. The lowest BCUT2D eigenvalue weighted by Crippen LogP contribution is -2.63. The van der Waals surface area contributed by atoms with Gasteiger partial charge in [-0.05, 0) is 103 Å². The van der Waals surface area contributed by atoms with E-state index in [4.69, 9.17) is 14.2 Å². The highest BCUT2D eigenvalue weighted by Crippen LogP contribution is 2.51. The summed E-state index contributed by atoms with van der Waals surface area (Å²) in [6.45, 7) is 3.71. The Kier molecular flexibility index (Phi) is 11.7. The molecule has 15 nitrogen and oxygen atoms in total. The van der Waals surface area contributed by atoms with E-state index in [0.29, 0.717) is 82.1 Å². The van der Waals surface area contributed by atoms with E-state index < -0.39 is 90.9 Å². The molecule has 6 aliphatic rings. The number of sulfonamides is 1. The molecule has 1 aromatic carbocycles. The second kappa shape index (κ2) is 16.4. The normalized spacial score (nSPS) is 29.4. The third-order valence-electron chi connectivity index (χ3n) is 14.3. The summed E-state index contributed by atoms with van der Waals surface area (Å²) in [5.41, 5.74) is -5.07. The molecule has 4 amide bonds. The van der Waals surface area contributed by atoms with E-state index in [1.165, 1.54) is 22.8 Å². The molecule has 19 heteroatoms. The second-order valence-corrected chi connectivity index (χ2v) is 21.0. The van der Waals surface area contributed by atoms with Crippen molar-refractivity contribution in [2.75, 3.05) is 26.9 Å². The van der Waals surface area contributed by atoms with Crippen LogP contribution in [0.4, 0.5) is 18.0 Å². The van der Waals surface area contributed by atoms with Crippen molar-refractivity contribution in [1.29, 1.82) is 0 Å². The number of fused-ring (bicyclic) bond motifs is 5. The highest BCUT2D eigenvalue weighted by molar-refractivity contribution is 7.91. The van der Waals surface area contributed by atoms with Gasteiger partial charge in [-0.1, -0.05) is 25.0 Å². The third kappa shape index (κ3) is 8.43. The van der Waals surface area contributed by atoms with E-state index in [2.05, 4.69) is 15.0 Å². The molecular weight excluding hydrogens is 848 g/mol. The van der Waals surface area contributed by atoms with Crippen molar-refractivity contribution < 1.29 is 60.1 Å². The van der Waals surface area contributed by atoms with Crippen LogP contribution in [0.1, 0.15) is 115 Å². The summed E-state index contributed by atoms with van der Waals surface area (Å²) in [7, 11) is -2.55. The predicted octanol–water partition coefficient (Wildman–Crippen LogP) is 6.02. The molecule has 8 rings (SSSR count). The molecule has 3 aliphatic heterocycles. The molecule has 4 fully saturated rings. The number of carboxylic acid groups (broad SMARTS) is 1. The summed E-state index contributed by atoms with van der Waals surface area (Å²) in [4.78, 5) is 63.6. The largest absolute Gasteiger partial charge is 0.493 e. The van der Waals surface area contributed by atoms with Crippen LogP contribution in [0.5, 0.6) is 11.5 Å². The van der Waals surface area contributed by atoms with Crippen LogP contribution in [0.25, 0.3) is 10.9 Å².